The van der Waals surface area contributed by atoms with Crippen LogP contribution in [0.25, 0.3) is 0 Å². The molecule has 4 N–H and O–H groups in total. The van der Waals surface area contributed by atoms with Crippen molar-refractivity contribution in [3.05, 3.63) is 45.0 Å². The number of aryl methyl sites for hydroxylation is 1. The van der Waals surface area contributed by atoms with Crippen molar-refractivity contribution in [3.63, 3.8) is 0 Å². The minimum atomic E-state index is -0.715. The van der Waals surface area contributed by atoms with E-state index in [2.05, 4.69) is 15.8 Å². The SMILES string of the molecule is Cc1c(C(=O)NCCc2cccs2)oc2c1/C(=N/NC(N)=O)CCC2. The monoisotopic (exact) mass is 360 g/mol. The number of nitrogens with two attached hydrogens (primary N) is 1. The third-order valence-electron chi connectivity index (χ3n) is 4.07. The van der Waals surface area contributed by atoms with Crippen molar-refractivity contribution in [2.24, 2.45) is 10.8 Å². The lowest BCUT2D eigenvalue weighted by Crippen LogP contribution is -2.27. The van der Waals surface area contributed by atoms with Crippen LogP contribution >= 0.6 is 11.3 Å². The molecule has 0 aromatic carbocycles. The van der Waals surface area contributed by atoms with Crippen molar-refractivity contribution in [2.45, 2.75) is 32.6 Å². The van der Waals surface area contributed by atoms with Crippen LogP contribution in [0.5, 0.6) is 0 Å². The second-order valence-corrected chi connectivity index (χ2v) is 6.86. The smallest absolute Gasteiger partial charge is 0.332 e. The fourth-order valence-corrected chi connectivity index (χ4v) is 3.66. The highest BCUT2D eigenvalue weighted by molar-refractivity contribution is 7.09. The summed E-state index contributed by atoms with van der Waals surface area (Å²) in [5.41, 5.74) is 9.58. The Morgan fingerprint density at radius 1 is 1.40 bits per heavy atom. The predicted molar refractivity (Wildman–Crippen MR) is 96.0 cm³/mol. The first kappa shape index (κ1) is 17.2. The first-order valence-electron chi connectivity index (χ1n) is 8.11. The van der Waals surface area contributed by atoms with Crippen LogP contribution in [-0.4, -0.2) is 24.2 Å². The number of hydrogen-bond acceptors (Lipinski definition) is 5. The Hall–Kier alpha value is -2.61. The summed E-state index contributed by atoms with van der Waals surface area (Å²) in [6.07, 6.45) is 3.08. The standard InChI is InChI=1S/C17H20N4O3S/c1-10-14-12(20-21-17(18)23)5-2-6-13(14)24-15(10)16(22)19-8-7-11-4-3-9-25-11/h3-4,9H,2,5-8H2,1H3,(H,19,22)(H3,18,21,23)/b20-12+. The second-order valence-electron chi connectivity index (χ2n) is 5.83. The zero-order chi connectivity index (χ0) is 17.8. The zero-order valence-electron chi connectivity index (χ0n) is 13.9. The molecule has 25 heavy (non-hydrogen) atoms. The van der Waals surface area contributed by atoms with Crippen molar-refractivity contribution in [1.82, 2.24) is 10.7 Å². The van der Waals surface area contributed by atoms with Crippen LogP contribution in [0.4, 0.5) is 4.79 Å². The molecule has 0 unspecified atom stereocenters. The molecule has 0 bridgehead atoms. The van der Waals surface area contributed by atoms with Gasteiger partial charge in [0.25, 0.3) is 5.91 Å². The number of furan rings is 1. The number of fused-ring (bicyclic) bond motifs is 1. The van der Waals surface area contributed by atoms with E-state index in [0.29, 0.717) is 24.4 Å². The van der Waals surface area contributed by atoms with E-state index in [1.54, 1.807) is 11.3 Å². The molecule has 1 aliphatic rings. The van der Waals surface area contributed by atoms with Crippen LogP contribution in [0.3, 0.4) is 0 Å². The van der Waals surface area contributed by atoms with Gasteiger partial charge in [-0.15, -0.1) is 11.3 Å². The lowest BCUT2D eigenvalue weighted by molar-refractivity contribution is 0.0923. The number of nitrogens with zero attached hydrogens (tertiary/aromatic N) is 1. The predicted octanol–water partition coefficient (Wildman–Crippen LogP) is 2.33. The van der Waals surface area contributed by atoms with Gasteiger partial charge in [-0.1, -0.05) is 6.07 Å². The molecule has 8 heteroatoms. The van der Waals surface area contributed by atoms with Gasteiger partial charge in [0.1, 0.15) is 5.76 Å². The maximum atomic E-state index is 12.5. The normalized spacial score (nSPS) is 15.0. The zero-order valence-corrected chi connectivity index (χ0v) is 14.7. The molecule has 1 aliphatic carbocycles. The van der Waals surface area contributed by atoms with E-state index in [1.807, 2.05) is 24.4 Å². The Morgan fingerprint density at radius 2 is 2.24 bits per heavy atom. The maximum Gasteiger partial charge on any atom is 0.332 e. The Morgan fingerprint density at radius 3 is 2.96 bits per heavy atom. The summed E-state index contributed by atoms with van der Waals surface area (Å²) in [5.74, 6) is 0.813. The molecule has 132 valence electrons. The van der Waals surface area contributed by atoms with Gasteiger partial charge >= 0.3 is 6.03 Å². The van der Waals surface area contributed by atoms with Gasteiger partial charge in [0.15, 0.2) is 5.76 Å². The van der Waals surface area contributed by atoms with Crippen LogP contribution in [-0.2, 0) is 12.8 Å². The molecular formula is C17H20N4O3S. The molecule has 0 saturated heterocycles. The van der Waals surface area contributed by atoms with Crippen LogP contribution in [0.2, 0.25) is 0 Å². The topological polar surface area (TPSA) is 110 Å². The van der Waals surface area contributed by atoms with Gasteiger partial charge in [0.2, 0.25) is 0 Å². The summed E-state index contributed by atoms with van der Waals surface area (Å²) in [7, 11) is 0. The lowest BCUT2D eigenvalue weighted by Gasteiger charge is -2.13. The molecule has 3 rings (SSSR count). The van der Waals surface area contributed by atoms with Crippen LogP contribution < -0.4 is 16.5 Å². The number of hydrazone groups is 1. The number of carbonyl (C=O) groups is 2. The number of rotatable bonds is 5. The highest BCUT2D eigenvalue weighted by atomic mass is 32.1. The first-order valence-corrected chi connectivity index (χ1v) is 8.99. The van der Waals surface area contributed by atoms with E-state index in [1.165, 1.54) is 4.88 Å². The summed E-state index contributed by atoms with van der Waals surface area (Å²) >= 11 is 1.67. The molecular weight excluding hydrogens is 340 g/mol. The highest BCUT2D eigenvalue weighted by Gasteiger charge is 2.27. The van der Waals surface area contributed by atoms with E-state index in [0.717, 1.165) is 36.1 Å². The van der Waals surface area contributed by atoms with E-state index in [9.17, 15) is 9.59 Å². The van der Waals surface area contributed by atoms with Crippen LogP contribution in [0.15, 0.2) is 27.0 Å². The highest BCUT2D eigenvalue weighted by Crippen LogP contribution is 2.29. The molecule has 0 radical (unpaired) electrons. The van der Waals surface area contributed by atoms with Gasteiger partial charge in [0.05, 0.1) is 5.71 Å². The minimum absolute atomic E-state index is 0.231. The number of thiophene rings is 1. The molecule has 7 nitrogen and oxygen atoms in total. The largest absolute Gasteiger partial charge is 0.455 e. The van der Waals surface area contributed by atoms with Crippen molar-refractivity contribution >= 4 is 29.0 Å². The summed E-state index contributed by atoms with van der Waals surface area (Å²) in [6.45, 7) is 2.38. The van der Waals surface area contributed by atoms with Gasteiger partial charge < -0.3 is 15.5 Å². The summed E-state index contributed by atoms with van der Waals surface area (Å²) in [5, 5.41) is 8.97. The number of hydrogen-bond donors (Lipinski definition) is 3. The molecule has 2 heterocycles. The Labute approximate surface area is 149 Å². The van der Waals surface area contributed by atoms with Gasteiger partial charge in [0, 0.05) is 29.0 Å². The Balaban J connectivity index is 1.73. The molecule has 0 spiro atoms. The third-order valence-corrected chi connectivity index (χ3v) is 5.01. The van der Waals surface area contributed by atoms with Crippen molar-refractivity contribution in [1.29, 1.82) is 0 Å². The molecule has 0 fully saturated rings. The molecule has 0 saturated carbocycles. The molecule has 2 aromatic rings. The van der Waals surface area contributed by atoms with E-state index < -0.39 is 6.03 Å². The van der Waals surface area contributed by atoms with Crippen LogP contribution in [0, 0.1) is 6.92 Å². The Bertz CT molecular complexity index is 808. The van der Waals surface area contributed by atoms with Gasteiger partial charge in [-0.3, -0.25) is 4.79 Å². The molecule has 0 atom stereocenters. The lowest BCUT2D eigenvalue weighted by atomic mass is 9.93. The molecule has 0 aliphatic heterocycles. The quantitative estimate of drug-likeness (QED) is 0.712. The summed E-state index contributed by atoms with van der Waals surface area (Å²) in [4.78, 5) is 24.6. The van der Waals surface area contributed by atoms with Gasteiger partial charge in [-0.25, -0.2) is 10.2 Å². The molecule has 3 amide bonds. The fraction of sp³-hybridized carbons (Fsp3) is 0.353. The number of carbonyl (C=O) groups excluding carboxylic acids is 2. The first-order chi connectivity index (χ1) is 12.1. The molecule has 2 aromatic heterocycles. The van der Waals surface area contributed by atoms with E-state index in [4.69, 9.17) is 10.2 Å². The van der Waals surface area contributed by atoms with E-state index >= 15 is 0 Å². The average Bonchev–Trinajstić information content (AvgIpc) is 3.21. The summed E-state index contributed by atoms with van der Waals surface area (Å²) < 4.78 is 5.79. The van der Waals surface area contributed by atoms with Gasteiger partial charge in [-0.2, -0.15) is 5.10 Å². The Kier molecular flexibility index (Phi) is 5.18. The fourth-order valence-electron chi connectivity index (χ4n) is 2.95. The second kappa shape index (κ2) is 7.52. The minimum Gasteiger partial charge on any atom is -0.455 e. The van der Waals surface area contributed by atoms with Crippen molar-refractivity contribution in [3.8, 4) is 0 Å². The summed E-state index contributed by atoms with van der Waals surface area (Å²) in [6, 6.07) is 3.32. The third kappa shape index (κ3) is 3.90. The number of nitrogens with one attached hydrogen (secondary N) is 2. The van der Waals surface area contributed by atoms with Crippen LogP contribution in [0.1, 0.15) is 45.2 Å². The number of amides is 3. The number of primary amides is 1. The van der Waals surface area contributed by atoms with Crippen molar-refractivity contribution in [2.75, 3.05) is 6.54 Å². The van der Waals surface area contributed by atoms with Gasteiger partial charge in [-0.05, 0) is 37.6 Å². The maximum absolute atomic E-state index is 12.5. The van der Waals surface area contributed by atoms with Crippen molar-refractivity contribution < 1.29 is 14.0 Å². The van der Waals surface area contributed by atoms with E-state index in [-0.39, 0.29) is 5.91 Å². The number of urea groups is 1. The average molecular weight is 360 g/mol.